The molecule has 3 rings (SSSR count). The second-order valence-corrected chi connectivity index (χ2v) is 14.5. The maximum atomic E-state index is 11.1. The van der Waals surface area contributed by atoms with Gasteiger partial charge in [0.05, 0.1) is 12.1 Å². The molecule has 48 heavy (non-hydrogen) atoms. The van der Waals surface area contributed by atoms with E-state index in [1.54, 1.807) is 0 Å². The first-order valence-corrected chi connectivity index (χ1v) is 17.0. The molecule has 1 fully saturated rings. The largest absolute Gasteiger partial charge is 2.00 e. The van der Waals surface area contributed by atoms with Crippen molar-refractivity contribution in [2.75, 3.05) is 0 Å². The van der Waals surface area contributed by atoms with Crippen molar-refractivity contribution in [1.29, 1.82) is 0 Å². The molecule has 0 heterocycles. The Morgan fingerprint density at radius 1 is 0.729 bits per heavy atom. The molecular formula is C39H58CoN2O6. The van der Waals surface area contributed by atoms with Gasteiger partial charge in [-0.1, -0.05) is 80.4 Å². The van der Waals surface area contributed by atoms with Crippen molar-refractivity contribution in [3.05, 3.63) is 57.6 Å². The second-order valence-electron chi connectivity index (χ2n) is 14.5. The number of aromatic hydroxyl groups is 2. The van der Waals surface area contributed by atoms with Crippen molar-refractivity contribution in [1.82, 2.24) is 0 Å². The fourth-order valence-electron chi connectivity index (χ4n) is 5.45. The molecule has 1 radical (unpaired) electrons. The first-order valence-electron chi connectivity index (χ1n) is 17.0. The van der Waals surface area contributed by atoms with Crippen LogP contribution in [-0.2, 0) is 50.0 Å². The maximum Gasteiger partial charge on any atom is 2.00 e. The van der Waals surface area contributed by atoms with Crippen LogP contribution in [0.3, 0.4) is 0 Å². The van der Waals surface area contributed by atoms with E-state index >= 15 is 0 Å². The van der Waals surface area contributed by atoms with Crippen LogP contribution < -0.4 is 10.2 Å². The van der Waals surface area contributed by atoms with E-state index in [0.717, 1.165) is 93.9 Å². The van der Waals surface area contributed by atoms with Gasteiger partial charge < -0.3 is 30.0 Å². The molecule has 2 aromatic carbocycles. The van der Waals surface area contributed by atoms with E-state index < -0.39 is 11.9 Å². The van der Waals surface area contributed by atoms with Crippen LogP contribution in [0, 0.1) is 0 Å². The summed E-state index contributed by atoms with van der Waals surface area (Å²) in [6.07, 6.45) is 13.4. The van der Waals surface area contributed by atoms with Crippen molar-refractivity contribution in [3.8, 4) is 11.5 Å². The molecule has 0 spiro atoms. The third-order valence-electron chi connectivity index (χ3n) is 7.91. The number of benzene rings is 2. The van der Waals surface area contributed by atoms with Crippen LogP contribution in [0.5, 0.6) is 11.5 Å². The number of nitrogens with zero attached hydrogens (tertiary/aromatic N) is 2. The van der Waals surface area contributed by atoms with E-state index in [4.69, 9.17) is 29.8 Å². The third-order valence-corrected chi connectivity index (χ3v) is 7.91. The quantitative estimate of drug-likeness (QED) is 0.275. The Kier molecular flexibility index (Phi) is 19.6. The molecule has 2 aromatic rings. The van der Waals surface area contributed by atoms with E-state index in [0.29, 0.717) is 11.5 Å². The molecule has 0 saturated heterocycles. The molecule has 1 aliphatic carbocycles. The maximum absolute atomic E-state index is 11.1. The van der Waals surface area contributed by atoms with Gasteiger partial charge in [0.15, 0.2) is 0 Å². The number of hydrogen-bond donors (Lipinski definition) is 2. The number of carboxylic acids is 2. The van der Waals surface area contributed by atoms with Gasteiger partial charge in [0.2, 0.25) is 0 Å². The van der Waals surface area contributed by atoms with Gasteiger partial charge in [-0.05, 0) is 92.9 Å². The predicted octanol–water partition coefficient (Wildman–Crippen LogP) is 6.35. The summed E-state index contributed by atoms with van der Waals surface area (Å²) in [7, 11) is 0. The zero-order chi connectivity index (χ0) is 35.9. The fourth-order valence-corrected chi connectivity index (χ4v) is 5.45. The van der Waals surface area contributed by atoms with E-state index in [9.17, 15) is 10.2 Å². The van der Waals surface area contributed by atoms with E-state index in [1.165, 1.54) is 11.1 Å². The Bertz CT molecular complexity index is 1260. The van der Waals surface area contributed by atoms with E-state index in [-0.39, 0.29) is 39.7 Å². The SMILES string of the molecule is CC(=O)[O-].CC(=O)[O-].CCCCc1cc(C=NC2CCCC2N=Cc2cc(CCCC)cc(C(C)(C)C)c2O)c(O)c(C(C)(C)C)c1.[Co+2]. The van der Waals surface area contributed by atoms with Crippen LogP contribution >= 0.6 is 0 Å². The summed E-state index contributed by atoms with van der Waals surface area (Å²) in [5.41, 5.74) is 5.80. The molecule has 0 aromatic heterocycles. The zero-order valence-corrected chi connectivity index (χ0v) is 31.8. The summed E-state index contributed by atoms with van der Waals surface area (Å²) < 4.78 is 0. The van der Waals surface area contributed by atoms with Crippen molar-refractivity contribution < 1.29 is 46.8 Å². The van der Waals surface area contributed by atoms with Crippen LogP contribution in [0.2, 0.25) is 0 Å². The molecule has 9 heteroatoms. The third kappa shape index (κ3) is 15.8. The first-order chi connectivity index (χ1) is 21.8. The average Bonchev–Trinajstić information content (AvgIpc) is 3.40. The van der Waals surface area contributed by atoms with Gasteiger partial charge in [-0.15, -0.1) is 0 Å². The normalized spacial score (nSPS) is 16.1. The van der Waals surface area contributed by atoms with Gasteiger partial charge in [0, 0.05) is 46.6 Å². The van der Waals surface area contributed by atoms with Crippen LogP contribution in [-0.4, -0.2) is 46.7 Å². The zero-order valence-electron chi connectivity index (χ0n) is 30.7. The Morgan fingerprint density at radius 2 is 1.04 bits per heavy atom. The van der Waals surface area contributed by atoms with Crippen molar-refractivity contribution >= 4 is 24.4 Å². The number of aliphatic carboxylic acids is 2. The van der Waals surface area contributed by atoms with Gasteiger partial charge in [0.1, 0.15) is 11.5 Å². The van der Waals surface area contributed by atoms with Gasteiger partial charge in [-0.25, -0.2) is 0 Å². The fraction of sp³-hybridized carbons (Fsp3) is 0.590. The van der Waals surface area contributed by atoms with Crippen molar-refractivity contribution in [2.45, 2.75) is 150 Å². The standard InChI is InChI=1S/C35H52N2O2.2C2H4O2.Co/c1-9-11-14-24-18-26(32(38)28(20-24)34(3,4)5)22-36-30-16-13-17-31(30)37-23-27-19-25(15-12-10-2)21-29(33(27)39)35(6,7)8;2*1-2(3)4;/h18-23,30-31,38-39H,9-17H2,1-8H3;2*1H3,(H,3,4);/q;;;+2/p-2. The van der Waals surface area contributed by atoms with Crippen LogP contribution in [0.1, 0.15) is 148 Å². The minimum Gasteiger partial charge on any atom is -0.550 e. The summed E-state index contributed by atoms with van der Waals surface area (Å²) in [5.74, 6) is -1.49. The number of aryl methyl sites for hydroxylation is 2. The number of carbonyl (C=O) groups excluding carboxylic acids is 2. The molecule has 8 nitrogen and oxygen atoms in total. The number of rotatable bonds is 10. The number of phenolic OH excluding ortho intramolecular Hbond substituents is 2. The summed E-state index contributed by atoms with van der Waals surface area (Å²) in [5, 5.41) is 40.0. The number of aliphatic imine (C=N–C) groups is 2. The smallest absolute Gasteiger partial charge is 0.550 e. The minimum absolute atomic E-state index is 0. The predicted molar refractivity (Wildman–Crippen MR) is 189 cm³/mol. The van der Waals surface area contributed by atoms with Crippen LogP contribution in [0.25, 0.3) is 0 Å². The number of hydrogen-bond acceptors (Lipinski definition) is 8. The average molecular weight is 710 g/mol. The van der Waals surface area contributed by atoms with Gasteiger partial charge in [-0.3, -0.25) is 9.98 Å². The Morgan fingerprint density at radius 3 is 1.31 bits per heavy atom. The molecule has 0 bridgehead atoms. The number of carbonyl (C=O) groups is 2. The summed E-state index contributed by atoms with van der Waals surface area (Å²) in [6.45, 7) is 19.2. The summed E-state index contributed by atoms with van der Waals surface area (Å²) in [6, 6.07) is 8.68. The molecule has 0 aliphatic heterocycles. The number of phenols is 2. The van der Waals surface area contributed by atoms with Crippen LogP contribution in [0.15, 0.2) is 34.3 Å². The molecule has 2 N–H and O–H groups in total. The van der Waals surface area contributed by atoms with Gasteiger partial charge in [-0.2, -0.15) is 0 Å². The monoisotopic (exact) mass is 709 g/mol. The second kappa shape index (κ2) is 21.0. The minimum atomic E-state index is -1.08. The molecule has 0 amide bonds. The molecule has 1 saturated carbocycles. The number of unbranched alkanes of at least 4 members (excludes halogenated alkanes) is 2. The molecule has 2 atom stereocenters. The van der Waals surface area contributed by atoms with Gasteiger partial charge in [0.25, 0.3) is 0 Å². The van der Waals surface area contributed by atoms with E-state index in [1.807, 2.05) is 12.4 Å². The molecule has 2 unspecified atom stereocenters. The summed E-state index contributed by atoms with van der Waals surface area (Å²) in [4.78, 5) is 27.7. The summed E-state index contributed by atoms with van der Waals surface area (Å²) >= 11 is 0. The van der Waals surface area contributed by atoms with Crippen molar-refractivity contribution in [3.63, 3.8) is 0 Å². The topological polar surface area (TPSA) is 145 Å². The molecule has 1 aliphatic rings. The van der Waals surface area contributed by atoms with Crippen molar-refractivity contribution in [2.24, 2.45) is 9.98 Å². The van der Waals surface area contributed by atoms with Crippen LogP contribution in [0.4, 0.5) is 0 Å². The Balaban J connectivity index is 0.00000221. The molecular weight excluding hydrogens is 651 g/mol. The Hall–Kier alpha value is -3.17. The molecule has 269 valence electrons. The first kappa shape index (κ1) is 44.8. The van der Waals surface area contributed by atoms with Gasteiger partial charge >= 0.3 is 16.8 Å². The Labute approximate surface area is 299 Å². The van der Waals surface area contributed by atoms with E-state index in [2.05, 4.69) is 79.7 Å². The number of carboxylic acid groups (broad SMARTS) is 2.